The van der Waals surface area contributed by atoms with Crippen LogP contribution in [0.25, 0.3) is 0 Å². The van der Waals surface area contributed by atoms with Gasteiger partial charge in [-0.05, 0) is 52.3 Å². The molecule has 0 aliphatic carbocycles. The number of nitrogens with zero attached hydrogens (tertiary/aromatic N) is 1. The first-order valence-corrected chi connectivity index (χ1v) is 7.61. The van der Waals surface area contributed by atoms with Crippen LogP contribution in [0.5, 0.6) is 5.75 Å². The van der Waals surface area contributed by atoms with Crippen molar-refractivity contribution in [3.05, 3.63) is 23.8 Å². The van der Waals surface area contributed by atoms with Gasteiger partial charge in [0.1, 0.15) is 5.75 Å². The lowest BCUT2D eigenvalue weighted by Gasteiger charge is -2.39. The van der Waals surface area contributed by atoms with E-state index >= 15 is 0 Å². The van der Waals surface area contributed by atoms with E-state index in [1.165, 1.54) is 0 Å². The predicted molar refractivity (Wildman–Crippen MR) is 86.1 cm³/mol. The van der Waals surface area contributed by atoms with Gasteiger partial charge in [-0.25, -0.2) is 0 Å². The average Bonchev–Trinajstić information content (AvgIpc) is 2.39. The second-order valence-corrected chi connectivity index (χ2v) is 6.51. The van der Waals surface area contributed by atoms with Crippen LogP contribution >= 0.6 is 0 Å². The van der Waals surface area contributed by atoms with Crippen LogP contribution in [0.1, 0.15) is 39.7 Å². The Labute approximate surface area is 131 Å². The molecule has 1 aliphatic heterocycles. The van der Waals surface area contributed by atoms with Gasteiger partial charge in [0.25, 0.3) is 5.91 Å². The third-order valence-electron chi connectivity index (χ3n) is 3.54. The summed E-state index contributed by atoms with van der Waals surface area (Å²) in [6.07, 6.45) is 0.271. The van der Waals surface area contributed by atoms with Gasteiger partial charge in [-0.1, -0.05) is 6.07 Å². The first-order valence-electron chi connectivity index (χ1n) is 7.61. The molecule has 0 fully saturated rings. The monoisotopic (exact) mass is 304 g/mol. The summed E-state index contributed by atoms with van der Waals surface area (Å²) in [5.74, 6) is 0.503. The van der Waals surface area contributed by atoms with Gasteiger partial charge in [0.15, 0.2) is 5.60 Å². The minimum absolute atomic E-state index is 0.0544. The summed E-state index contributed by atoms with van der Waals surface area (Å²) in [5, 5.41) is 2.85. The van der Waals surface area contributed by atoms with E-state index in [0.717, 1.165) is 11.3 Å². The molecule has 2 amide bonds. The van der Waals surface area contributed by atoms with Crippen LogP contribution in [0.15, 0.2) is 18.2 Å². The van der Waals surface area contributed by atoms with Crippen LogP contribution in [0.4, 0.5) is 5.69 Å². The lowest BCUT2D eigenvalue weighted by atomic mass is 10.0. The van der Waals surface area contributed by atoms with Crippen molar-refractivity contribution in [2.75, 3.05) is 11.4 Å². The zero-order chi connectivity index (χ0) is 16.5. The van der Waals surface area contributed by atoms with Crippen molar-refractivity contribution in [1.82, 2.24) is 5.32 Å². The highest BCUT2D eigenvalue weighted by Gasteiger charge is 2.40. The van der Waals surface area contributed by atoms with Gasteiger partial charge >= 0.3 is 0 Å². The van der Waals surface area contributed by atoms with Gasteiger partial charge in [0, 0.05) is 19.0 Å². The predicted octanol–water partition coefficient (Wildman–Crippen LogP) is 2.41. The molecular weight excluding hydrogens is 280 g/mol. The Morgan fingerprint density at radius 1 is 1.36 bits per heavy atom. The Morgan fingerprint density at radius 3 is 2.68 bits per heavy atom. The first kappa shape index (κ1) is 16.3. The Hall–Kier alpha value is -2.04. The Bertz CT molecular complexity index is 594. The van der Waals surface area contributed by atoms with Gasteiger partial charge < -0.3 is 15.0 Å². The zero-order valence-corrected chi connectivity index (χ0v) is 13.9. The highest BCUT2D eigenvalue weighted by Crippen LogP contribution is 2.38. The quantitative estimate of drug-likeness (QED) is 0.929. The van der Waals surface area contributed by atoms with Crippen molar-refractivity contribution < 1.29 is 14.3 Å². The van der Waals surface area contributed by atoms with E-state index in [-0.39, 0.29) is 24.3 Å². The minimum atomic E-state index is -0.920. The Morgan fingerprint density at radius 2 is 2.05 bits per heavy atom. The molecule has 1 aromatic carbocycles. The fourth-order valence-electron chi connectivity index (χ4n) is 2.51. The van der Waals surface area contributed by atoms with E-state index in [0.29, 0.717) is 12.3 Å². The SMILES string of the molecule is Cc1ccc2c(c1)N(CCC(=O)NC(C)C)C(=O)C(C)(C)O2. The molecule has 1 heterocycles. The molecular formula is C17H24N2O3. The van der Waals surface area contributed by atoms with Crippen LogP contribution in [-0.4, -0.2) is 30.0 Å². The van der Waals surface area contributed by atoms with Crippen LogP contribution in [0, 0.1) is 6.92 Å². The number of benzene rings is 1. The number of carbonyl (C=O) groups is 2. The fourth-order valence-corrected chi connectivity index (χ4v) is 2.51. The van der Waals surface area contributed by atoms with E-state index in [4.69, 9.17) is 4.74 Å². The number of amides is 2. The first-order chi connectivity index (χ1) is 10.2. The van der Waals surface area contributed by atoms with Crippen LogP contribution in [0.3, 0.4) is 0 Å². The van der Waals surface area contributed by atoms with Crippen LogP contribution in [-0.2, 0) is 9.59 Å². The number of ether oxygens (including phenoxy) is 1. The second-order valence-electron chi connectivity index (χ2n) is 6.51. The van der Waals surface area contributed by atoms with Crippen molar-refractivity contribution in [2.24, 2.45) is 0 Å². The van der Waals surface area contributed by atoms with Gasteiger partial charge in [-0.3, -0.25) is 9.59 Å². The molecule has 0 unspecified atom stereocenters. The average molecular weight is 304 g/mol. The molecule has 0 spiro atoms. The molecule has 2 rings (SSSR count). The normalized spacial score (nSPS) is 16.3. The van der Waals surface area contributed by atoms with Crippen molar-refractivity contribution in [2.45, 2.75) is 52.7 Å². The van der Waals surface area contributed by atoms with Gasteiger partial charge in [0.05, 0.1) is 5.69 Å². The van der Waals surface area contributed by atoms with E-state index in [1.807, 2.05) is 39.0 Å². The summed E-state index contributed by atoms with van der Waals surface area (Å²) in [5.41, 5.74) is 0.865. The minimum Gasteiger partial charge on any atom is -0.476 e. The molecule has 0 aromatic heterocycles. The van der Waals surface area contributed by atoms with E-state index in [2.05, 4.69) is 5.32 Å². The molecule has 1 N–H and O–H groups in total. The maximum absolute atomic E-state index is 12.6. The number of anilines is 1. The second kappa shape index (κ2) is 5.99. The van der Waals surface area contributed by atoms with Gasteiger partial charge in [-0.2, -0.15) is 0 Å². The smallest absolute Gasteiger partial charge is 0.270 e. The summed E-state index contributed by atoms with van der Waals surface area (Å²) in [6, 6.07) is 5.84. The molecule has 5 nitrogen and oxygen atoms in total. The largest absolute Gasteiger partial charge is 0.476 e. The van der Waals surface area contributed by atoms with E-state index in [1.54, 1.807) is 18.7 Å². The molecule has 0 saturated heterocycles. The molecule has 120 valence electrons. The number of nitrogens with one attached hydrogen (secondary N) is 1. The lowest BCUT2D eigenvalue weighted by molar-refractivity contribution is -0.132. The number of rotatable bonds is 4. The fraction of sp³-hybridized carbons (Fsp3) is 0.529. The number of carbonyl (C=O) groups excluding carboxylic acids is 2. The van der Waals surface area contributed by atoms with Crippen LogP contribution < -0.4 is 15.0 Å². The standard InChI is InChI=1S/C17H24N2O3/c1-11(2)18-15(20)8-9-19-13-10-12(3)6-7-14(13)22-17(4,5)16(19)21/h6-7,10-11H,8-9H2,1-5H3,(H,18,20). The topological polar surface area (TPSA) is 58.6 Å². The summed E-state index contributed by atoms with van der Waals surface area (Å²) in [7, 11) is 0. The molecule has 1 aromatic rings. The number of hydrogen-bond acceptors (Lipinski definition) is 3. The van der Waals surface area contributed by atoms with Crippen molar-refractivity contribution in [1.29, 1.82) is 0 Å². The third kappa shape index (κ3) is 3.40. The van der Waals surface area contributed by atoms with Crippen molar-refractivity contribution in [3.63, 3.8) is 0 Å². The molecule has 0 bridgehead atoms. The molecule has 0 saturated carbocycles. The number of fused-ring (bicyclic) bond motifs is 1. The zero-order valence-electron chi connectivity index (χ0n) is 13.9. The Balaban J connectivity index is 2.23. The maximum Gasteiger partial charge on any atom is 0.270 e. The van der Waals surface area contributed by atoms with E-state index in [9.17, 15) is 9.59 Å². The third-order valence-corrected chi connectivity index (χ3v) is 3.54. The van der Waals surface area contributed by atoms with Crippen molar-refractivity contribution in [3.8, 4) is 5.75 Å². The molecule has 22 heavy (non-hydrogen) atoms. The highest BCUT2D eigenvalue weighted by molar-refractivity contribution is 6.02. The molecule has 0 atom stereocenters. The summed E-state index contributed by atoms with van der Waals surface area (Å²) in [4.78, 5) is 26.1. The summed E-state index contributed by atoms with van der Waals surface area (Å²) in [6.45, 7) is 9.65. The lowest BCUT2D eigenvalue weighted by Crippen LogP contribution is -2.53. The number of hydrogen-bond donors (Lipinski definition) is 1. The van der Waals surface area contributed by atoms with Gasteiger partial charge in [0.2, 0.25) is 5.91 Å². The molecule has 5 heteroatoms. The molecule has 1 aliphatic rings. The van der Waals surface area contributed by atoms with Gasteiger partial charge in [-0.15, -0.1) is 0 Å². The Kier molecular flexibility index (Phi) is 4.44. The maximum atomic E-state index is 12.6. The van der Waals surface area contributed by atoms with Crippen molar-refractivity contribution >= 4 is 17.5 Å². The van der Waals surface area contributed by atoms with E-state index < -0.39 is 5.60 Å². The summed E-state index contributed by atoms with van der Waals surface area (Å²) >= 11 is 0. The summed E-state index contributed by atoms with van der Waals surface area (Å²) < 4.78 is 5.80. The molecule has 0 radical (unpaired) electrons. The highest BCUT2D eigenvalue weighted by atomic mass is 16.5. The van der Waals surface area contributed by atoms with Crippen LogP contribution in [0.2, 0.25) is 0 Å². The number of aryl methyl sites for hydroxylation is 1.